The third kappa shape index (κ3) is 4.52. The quantitative estimate of drug-likeness (QED) is 0.715. The van der Waals surface area contributed by atoms with E-state index in [0.717, 1.165) is 5.56 Å². The van der Waals surface area contributed by atoms with Crippen LogP contribution in [0.15, 0.2) is 48.5 Å². The van der Waals surface area contributed by atoms with Crippen molar-refractivity contribution in [2.24, 2.45) is 0 Å². The average Bonchev–Trinajstić information content (AvgIpc) is 3.06. The predicted molar refractivity (Wildman–Crippen MR) is 95.5 cm³/mol. The van der Waals surface area contributed by atoms with E-state index in [1.807, 2.05) is 12.1 Å². The van der Waals surface area contributed by atoms with Gasteiger partial charge in [-0.15, -0.1) is 10.2 Å². The molecule has 1 atom stereocenters. The number of carbonyl (C=O) groups is 1. The van der Waals surface area contributed by atoms with Crippen molar-refractivity contribution in [3.05, 3.63) is 59.4 Å². The number of rotatable bonds is 5. The van der Waals surface area contributed by atoms with E-state index in [1.165, 1.54) is 35.6 Å². The molecule has 0 saturated carbocycles. The number of anilines is 1. The molecule has 5 nitrogen and oxygen atoms in total. The average molecular weight is 378 g/mol. The summed E-state index contributed by atoms with van der Waals surface area (Å²) < 4.78 is 18.3. The summed E-state index contributed by atoms with van der Waals surface area (Å²) in [5, 5.41) is 12.3. The van der Waals surface area contributed by atoms with Crippen molar-refractivity contribution in [1.29, 1.82) is 0 Å². The number of hydrogen-bond donors (Lipinski definition) is 1. The fourth-order valence-electron chi connectivity index (χ4n) is 1.96. The Bertz CT molecular complexity index is 868. The van der Waals surface area contributed by atoms with Crippen LogP contribution in [0.3, 0.4) is 0 Å². The highest BCUT2D eigenvalue weighted by Crippen LogP contribution is 2.27. The van der Waals surface area contributed by atoms with E-state index in [0.29, 0.717) is 20.9 Å². The highest BCUT2D eigenvalue weighted by atomic mass is 35.5. The van der Waals surface area contributed by atoms with Crippen LogP contribution in [0.1, 0.15) is 6.92 Å². The lowest BCUT2D eigenvalue weighted by Crippen LogP contribution is -2.30. The first-order chi connectivity index (χ1) is 12.0. The Morgan fingerprint density at radius 1 is 1.16 bits per heavy atom. The molecule has 2 aromatic carbocycles. The number of hydrogen-bond acceptors (Lipinski definition) is 5. The van der Waals surface area contributed by atoms with E-state index >= 15 is 0 Å². The number of aromatic nitrogens is 2. The van der Waals surface area contributed by atoms with Gasteiger partial charge in [-0.1, -0.05) is 35.1 Å². The zero-order chi connectivity index (χ0) is 17.8. The SMILES string of the molecule is C[C@H](Oc1ccc(F)cc1)C(=O)Nc1nnc(-c2ccc(Cl)cc2)s1. The van der Waals surface area contributed by atoms with Gasteiger partial charge in [0.1, 0.15) is 16.6 Å². The molecule has 1 N–H and O–H groups in total. The van der Waals surface area contributed by atoms with E-state index in [1.54, 1.807) is 19.1 Å². The van der Waals surface area contributed by atoms with Crippen LogP contribution in [0.4, 0.5) is 9.52 Å². The minimum atomic E-state index is -0.770. The highest BCUT2D eigenvalue weighted by Gasteiger charge is 2.17. The van der Waals surface area contributed by atoms with Gasteiger partial charge in [-0.25, -0.2) is 4.39 Å². The number of ether oxygens (including phenoxy) is 1. The van der Waals surface area contributed by atoms with Crippen LogP contribution < -0.4 is 10.1 Å². The van der Waals surface area contributed by atoms with Crippen LogP contribution in [0.5, 0.6) is 5.75 Å². The van der Waals surface area contributed by atoms with Crippen molar-refractivity contribution in [1.82, 2.24) is 10.2 Å². The number of nitrogens with zero attached hydrogens (tertiary/aromatic N) is 2. The second-order valence-corrected chi connectivity index (χ2v) is 6.54. The molecule has 0 fully saturated rings. The van der Waals surface area contributed by atoms with Crippen molar-refractivity contribution in [3.63, 3.8) is 0 Å². The molecule has 8 heteroatoms. The first kappa shape index (κ1) is 17.3. The Hall–Kier alpha value is -2.51. The number of halogens is 2. The molecule has 0 aliphatic heterocycles. The second kappa shape index (κ2) is 7.58. The molecule has 1 aromatic heterocycles. The summed E-state index contributed by atoms with van der Waals surface area (Å²) in [6, 6.07) is 12.6. The summed E-state index contributed by atoms with van der Waals surface area (Å²) in [5.74, 6) is -0.334. The zero-order valence-corrected chi connectivity index (χ0v) is 14.6. The van der Waals surface area contributed by atoms with Crippen molar-refractivity contribution < 1.29 is 13.9 Å². The Morgan fingerprint density at radius 3 is 2.52 bits per heavy atom. The molecule has 0 aliphatic rings. The third-order valence-corrected chi connectivity index (χ3v) is 4.38. The fraction of sp³-hybridized carbons (Fsp3) is 0.118. The van der Waals surface area contributed by atoms with Gasteiger partial charge in [0, 0.05) is 10.6 Å². The van der Waals surface area contributed by atoms with Crippen molar-refractivity contribution >= 4 is 34.0 Å². The number of carbonyl (C=O) groups excluding carboxylic acids is 1. The third-order valence-electron chi connectivity index (χ3n) is 3.24. The molecule has 0 bridgehead atoms. The molecule has 3 aromatic rings. The van der Waals surface area contributed by atoms with Crippen LogP contribution in [0.25, 0.3) is 10.6 Å². The van der Waals surface area contributed by atoms with Crippen molar-refractivity contribution in [2.45, 2.75) is 13.0 Å². The first-order valence-corrected chi connectivity index (χ1v) is 8.53. The largest absolute Gasteiger partial charge is 0.481 e. The summed E-state index contributed by atoms with van der Waals surface area (Å²) in [7, 11) is 0. The Balaban J connectivity index is 1.62. The lowest BCUT2D eigenvalue weighted by Gasteiger charge is -2.13. The van der Waals surface area contributed by atoms with Gasteiger partial charge in [0.2, 0.25) is 5.13 Å². The fourth-order valence-corrected chi connectivity index (χ4v) is 2.84. The van der Waals surface area contributed by atoms with E-state index in [9.17, 15) is 9.18 Å². The van der Waals surface area contributed by atoms with Gasteiger partial charge in [0.15, 0.2) is 6.10 Å². The van der Waals surface area contributed by atoms with Crippen molar-refractivity contribution in [3.8, 4) is 16.3 Å². The molecule has 0 unspecified atom stereocenters. The number of nitrogens with one attached hydrogen (secondary N) is 1. The zero-order valence-electron chi connectivity index (χ0n) is 13.1. The standard InChI is InChI=1S/C17H13ClFN3O2S/c1-10(24-14-8-6-13(19)7-9-14)15(23)20-17-22-21-16(25-17)11-2-4-12(18)5-3-11/h2-10H,1H3,(H,20,22,23)/t10-/m0/s1. The first-order valence-electron chi connectivity index (χ1n) is 7.34. The molecular formula is C17H13ClFN3O2S. The monoisotopic (exact) mass is 377 g/mol. The maximum Gasteiger partial charge on any atom is 0.266 e. The maximum absolute atomic E-state index is 12.9. The summed E-state index contributed by atoms with van der Waals surface area (Å²) in [6.45, 7) is 1.60. The summed E-state index contributed by atoms with van der Waals surface area (Å²) in [6.07, 6.45) is -0.770. The smallest absolute Gasteiger partial charge is 0.266 e. The molecule has 25 heavy (non-hydrogen) atoms. The molecule has 128 valence electrons. The summed E-state index contributed by atoms with van der Waals surface area (Å²) in [5.41, 5.74) is 0.859. The van der Waals surface area contributed by atoms with E-state index in [2.05, 4.69) is 15.5 Å². The molecule has 1 amide bonds. The highest BCUT2D eigenvalue weighted by molar-refractivity contribution is 7.18. The van der Waals surface area contributed by atoms with Gasteiger partial charge in [-0.2, -0.15) is 0 Å². The van der Waals surface area contributed by atoms with Crippen LogP contribution >= 0.6 is 22.9 Å². The minimum absolute atomic E-state index is 0.365. The molecule has 3 rings (SSSR count). The normalized spacial score (nSPS) is 11.8. The molecule has 0 aliphatic carbocycles. The van der Waals surface area contributed by atoms with E-state index in [-0.39, 0.29) is 11.7 Å². The van der Waals surface area contributed by atoms with Gasteiger partial charge in [0.05, 0.1) is 0 Å². The topological polar surface area (TPSA) is 64.1 Å². The molecular weight excluding hydrogens is 365 g/mol. The Labute approximate surface area is 152 Å². The molecule has 0 saturated heterocycles. The van der Waals surface area contributed by atoms with Crippen LogP contribution in [0, 0.1) is 5.82 Å². The van der Waals surface area contributed by atoms with E-state index in [4.69, 9.17) is 16.3 Å². The summed E-state index contributed by atoms with van der Waals surface area (Å²) >= 11 is 7.10. The number of benzene rings is 2. The van der Waals surface area contributed by atoms with Gasteiger partial charge in [-0.3, -0.25) is 10.1 Å². The number of amides is 1. The van der Waals surface area contributed by atoms with Gasteiger partial charge < -0.3 is 4.74 Å². The molecule has 0 radical (unpaired) electrons. The minimum Gasteiger partial charge on any atom is -0.481 e. The summed E-state index contributed by atoms with van der Waals surface area (Å²) in [4.78, 5) is 12.2. The molecule has 0 spiro atoms. The van der Waals surface area contributed by atoms with Crippen LogP contribution in [0.2, 0.25) is 5.02 Å². The van der Waals surface area contributed by atoms with Gasteiger partial charge in [-0.05, 0) is 43.3 Å². The van der Waals surface area contributed by atoms with Gasteiger partial charge in [0.25, 0.3) is 5.91 Å². The second-order valence-electron chi connectivity index (χ2n) is 5.12. The van der Waals surface area contributed by atoms with Gasteiger partial charge >= 0.3 is 0 Å². The molecule has 1 heterocycles. The van der Waals surface area contributed by atoms with Crippen LogP contribution in [-0.2, 0) is 4.79 Å². The Morgan fingerprint density at radius 2 is 1.84 bits per heavy atom. The predicted octanol–water partition coefficient (Wildman–Crippen LogP) is 4.40. The Kier molecular flexibility index (Phi) is 5.25. The maximum atomic E-state index is 12.9. The van der Waals surface area contributed by atoms with Crippen LogP contribution in [-0.4, -0.2) is 22.2 Å². The van der Waals surface area contributed by atoms with Crippen molar-refractivity contribution in [2.75, 3.05) is 5.32 Å². The van der Waals surface area contributed by atoms with E-state index < -0.39 is 6.10 Å². The lowest BCUT2D eigenvalue weighted by molar-refractivity contribution is -0.122. The lowest BCUT2D eigenvalue weighted by atomic mass is 10.2.